The lowest BCUT2D eigenvalue weighted by Gasteiger charge is -2.25. The van der Waals surface area contributed by atoms with Gasteiger partial charge in [0, 0.05) is 12.1 Å². The van der Waals surface area contributed by atoms with E-state index in [0.717, 1.165) is 6.42 Å². The maximum absolute atomic E-state index is 11.7. The van der Waals surface area contributed by atoms with Crippen LogP contribution in [0.1, 0.15) is 18.0 Å². The molecule has 4 nitrogen and oxygen atoms in total. The summed E-state index contributed by atoms with van der Waals surface area (Å²) in [6.45, 7) is 0. The minimum atomic E-state index is -0.215. The second kappa shape index (κ2) is 5.50. The number of carbonyl (C=O) groups is 1. The SMILES string of the molecule is COC(=O)[C@@H]1C[C@@H](N(C)C)[C@H](c2ccccc2)N1. The van der Waals surface area contributed by atoms with E-state index in [1.165, 1.54) is 12.7 Å². The lowest BCUT2D eigenvalue weighted by atomic mass is 9.99. The molecule has 2 rings (SSSR count). The molecule has 0 radical (unpaired) electrons. The summed E-state index contributed by atoms with van der Waals surface area (Å²) in [7, 11) is 5.52. The molecule has 1 N–H and O–H groups in total. The Bertz CT molecular complexity index is 406. The molecule has 1 aliphatic heterocycles. The number of nitrogens with zero attached hydrogens (tertiary/aromatic N) is 1. The van der Waals surface area contributed by atoms with Crippen molar-refractivity contribution in [3.63, 3.8) is 0 Å². The smallest absolute Gasteiger partial charge is 0.322 e. The Kier molecular flexibility index (Phi) is 3.99. The fraction of sp³-hybridized carbons (Fsp3) is 0.500. The lowest BCUT2D eigenvalue weighted by Crippen LogP contribution is -2.34. The molecule has 4 heteroatoms. The van der Waals surface area contributed by atoms with Crippen molar-refractivity contribution in [2.24, 2.45) is 0 Å². The lowest BCUT2D eigenvalue weighted by molar-refractivity contribution is -0.142. The summed E-state index contributed by atoms with van der Waals surface area (Å²) in [5, 5.41) is 3.37. The molecule has 98 valence electrons. The summed E-state index contributed by atoms with van der Waals surface area (Å²) in [5.41, 5.74) is 1.21. The molecule has 0 aliphatic carbocycles. The van der Waals surface area contributed by atoms with Gasteiger partial charge in [0.15, 0.2) is 0 Å². The monoisotopic (exact) mass is 248 g/mol. The van der Waals surface area contributed by atoms with Crippen LogP contribution in [0, 0.1) is 0 Å². The number of rotatable bonds is 3. The molecule has 1 aromatic rings. The van der Waals surface area contributed by atoms with Gasteiger partial charge < -0.3 is 9.64 Å². The molecule has 1 saturated heterocycles. The second-order valence-electron chi connectivity index (χ2n) is 4.90. The number of esters is 1. The number of methoxy groups -OCH3 is 1. The Morgan fingerprint density at radius 2 is 2.00 bits per heavy atom. The van der Waals surface area contributed by atoms with Gasteiger partial charge in [-0.1, -0.05) is 30.3 Å². The average Bonchev–Trinajstić information content (AvgIpc) is 2.84. The minimum Gasteiger partial charge on any atom is -0.468 e. The van der Waals surface area contributed by atoms with Crippen molar-refractivity contribution in [2.45, 2.75) is 24.5 Å². The molecule has 0 amide bonds. The summed E-state index contributed by atoms with van der Waals surface area (Å²) in [5.74, 6) is -0.180. The minimum absolute atomic E-state index is 0.172. The van der Waals surface area contributed by atoms with Crippen molar-refractivity contribution in [1.82, 2.24) is 10.2 Å². The van der Waals surface area contributed by atoms with Crippen molar-refractivity contribution in [3.8, 4) is 0 Å². The van der Waals surface area contributed by atoms with E-state index in [4.69, 9.17) is 4.74 Å². The van der Waals surface area contributed by atoms with E-state index < -0.39 is 0 Å². The van der Waals surface area contributed by atoms with Gasteiger partial charge in [-0.15, -0.1) is 0 Å². The van der Waals surface area contributed by atoms with Gasteiger partial charge in [0.2, 0.25) is 0 Å². The van der Waals surface area contributed by atoms with Gasteiger partial charge in [-0.25, -0.2) is 0 Å². The molecule has 0 spiro atoms. The number of carbonyl (C=O) groups excluding carboxylic acids is 1. The van der Waals surface area contributed by atoms with E-state index in [1.54, 1.807) is 0 Å². The molecule has 0 unspecified atom stereocenters. The standard InChI is InChI=1S/C14H20N2O2/c1-16(2)12-9-11(14(17)18-3)15-13(12)10-7-5-4-6-8-10/h4-8,11-13,15H,9H2,1-3H3/t11-,12+,13-/m0/s1. The zero-order chi connectivity index (χ0) is 13.1. The third-order valence-corrected chi connectivity index (χ3v) is 3.55. The molecule has 1 aromatic carbocycles. The van der Waals surface area contributed by atoms with Crippen LogP contribution in [0.3, 0.4) is 0 Å². The first kappa shape index (κ1) is 13.1. The van der Waals surface area contributed by atoms with Crippen molar-refractivity contribution in [1.29, 1.82) is 0 Å². The van der Waals surface area contributed by atoms with Crippen molar-refractivity contribution in [3.05, 3.63) is 35.9 Å². The summed E-state index contributed by atoms with van der Waals surface area (Å²) >= 11 is 0. The van der Waals surface area contributed by atoms with Crippen LogP contribution in [-0.2, 0) is 9.53 Å². The van der Waals surface area contributed by atoms with Crippen LogP contribution in [0.4, 0.5) is 0 Å². The largest absolute Gasteiger partial charge is 0.468 e. The Balaban J connectivity index is 2.20. The van der Waals surface area contributed by atoms with Crippen LogP contribution >= 0.6 is 0 Å². The Labute approximate surface area is 108 Å². The van der Waals surface area contributed by atoms with E-state index >= 15 is 0 Å². The van der Waals surface area contributed by atoms with E-state index in [2.05, 4.69) is 22.3 Å². The molecule has 1 fully saturated rings. The van der Waals surface area contributed by atoms with E-state index in [-0.39, 0.29) is 18.1 Å². The maximum atomic E-state index is 11.7. The van der Waals surface area contributed by atoms with E-state index in [1.807, 2.05) is 32.3 Å². The molecule has 3 atom stereocenters. The molecule has 0 bridgehead atoms. The van der Waals surface area contributed by atoms with Gasteiger partial charge in [-0.05, 0) is 26.1 Å². The third-order valence-electron chi connectivity index (χ3n) is 3.55. The van der Waals surface area contributed by atoms with Crippen LogP contribution in [0.5, 0.6) is 0 Å². The predicted molar refractivity (Wildman–Crippen MR) is 70.2 cm³/mol. The normalized spacial score (nSPS) is 27.4. The van der Waals surface area contributed by atoms with Crippen LogP contribution in [0.2, 0.25) is 0 Å². The predicted octanol–water partition coefficient (Wildman–Crippen LogP) is 1.19. The molecule has 0 aromatic heterocycles. The average molecular weight is 248 g/mol. The Hall–Kier alpha value is -1.39. The fourth-order valence-electron chi connectivity index (χ4n) is 2.57. The highest BCUT2D eigenvalue weighted by molar-refractivity contribution is 5.76. The first-order valence-electron chi connectivity index (χ1n) is 6.18. The fourth-order valence-corrected chi connectivity index (χ4v) is 2.57. The van der Waals surface area contributed by atoms with Gasteiger partial charge in [-0.2, -0.15) is 0 Å². The third kappa shape index (κ3) is 2.54. The quantitative estimate of drug-likeness (QED) is 0.816. The zero-order valence-corrected chi connectivity index (χ0v) is 11.1. The molecule has 0 saturated carbocycles. The molecule has 1 aliphatic rings. The number of nitrogens with one attached hydrogen (secondary N) is 1. The van der Waals surface area contributed by atoms with Gasteiger partial charge in [0.1, 0.15) is 6.04 Å². The van der Waals surface area contributed by atoms with Crippen LogP contribution in [-0.4, -0.2) is 44.2 Å². The van der Waals surface area contributed by atoms with Gasteiger partial charge in [0.05, 0.1) is 7.11 Å². The highest BCUT2D eigenvalue weighted by Crippen LogP contribution is 2.30. The van der Waals surface area contributed by atoms with Crippen LogP contribution < -0.4 is 5.32 Å². The topological polar surface area (TPSA) is 41.6 Å². The van der Waals surface area contributed by atoms with E-state index in [0.29, 0.717) is 6.04 Å². The summed E-state index contributed by atoms with van der Waals surface area (Å²) in [4.78, 5) is 13.8. The summed E-state index contributed by atoms with van der Waals surface area (Å²) < 4.78 is 4.83. The molecular weight excluding hydrogens is 228 g/mol. The highest BCUT2D eigenvalue weighted by Gasteiger charge is 2.39. The van der Waals surface area contributed by atoms with Crippen molar-refractivity contribution < 1.29 is 9.53 Å². The number of likely N-dealkylation sites (N-methyl/N-ethyl adjacent to an activating group) is 1. The second-order valence-corrected chi connectivity index (χ2v) is 4.90. The number of benzene rings is 1. The molecular formula is C14H20N2O2. The van der Waals surface area contributed by atoms with E-state index in [9.17, 15) is 4.79 Å². The number of ether oxygens (including phenoxy) is 1. The van der Waals surface area contributed by atoms with Crippen LogP contribution in [0.15, 0.2) is 30.3 Å². The van der Waals surface area contributed by atoms with Gasteiger partial charge in [0.25, 0.3) is 0 Å². The van der Waals surface area contributed by atoms with Crippen molar-refractivity contribution in [2.75, 3.05) is 21.2 Å². The molecule has 18 heavy (non-hydrogen) atoms. The highest BCUT2D eigenvalue weighted by atomic mass is 16.5. The number of hydrogen-bond donors (Lipinski definition) is 1. The summed E-state index contributed by atoms with van der Waals surface area (Å²) in [6, 6.07) is 10.5. The number of hydrogen-bond acceptors (Lipinski definition) is 4. The Morgan fingerprint density at radius 3 is 2.56 bits per heavy atom. The van der Waals surface area contributed by atoms with Gasteiger partial charge in [-0.3, -0.25) is 10.1 Å². The first-order valence-corrected chi connectivity index (χ1v) is 6.18. The Morgan fingerprint density at radius 1 is 1.33 bits per heavy atom. The van der Waals surface area contributed by atoms with Crippen LogP contribution in [0.25, 0.3) is 0 Å². The zero-order valence-electron chi connectivity index (χ0n) is 11.1. The first-order chi connectivity index (χ1) is 8.63. The molecule has 1 heterocycles. The van der Waals surface area contributed by atoms with Gasteiger partial charge >= 0.3 is 5.97 Å². The summed E-state index contributed by atoms with van der Waals surface area (Å²) in [6.07, 6.45) is 0.777. The maximum Gasteiger partial charge on any atom is 0.322 e. The van der Waals surface area contributed by atoms with Crippen molar-refractivity contribution >= 4 is 5.97 Å².